The summed E-state index contributed by atoms with van der Waals surface area (Å²) in [7, 11) is 0. The summed E-state index contributed by atoms with van der Waals surface area (Å²) in [5.41, 5.74) is 7.26. The molecule has 0 bridgehead atoms. The summed E-state index contributed by atoms with van der Waals surface area (Å²) in [5.74, 6) is 0.166. The molecule has 0 spiro atoms. The quantitative estimate of drug-likeness (QED) is 0.620. The van der Waals surface area contributed by atoms with Crippen molar-refractivity contribution in [1.29, 1.82) is 0 Å². The number of ketones is 1. The number of hydrogen-bond acceptors (Lipinski definition) is 3. The molecule has 1 aliphatic carbocycles. The number of pyridine rings is 1. The Kier molecular flexibility index (Phi) is 1.66. The van der Waals surface area contributed by atoms with Crippen LogP contribution in [0.5, 0.6) is 0 Å². The van der Waals surface area contributed by atoms with E-state index in [1.54, 1.807) is 18.3 Å². The SMILES string of the molecule is NC1CCC(=O)c2cccnc21. The van der Waals surface area contributed by atoms with Crippen LogP contribution in [0.4, 0.5) is 0 Å². The number of fused-ring (bicyclic) bond motifs is 1. The molecule has 1 heterocycles. The zero-order valence-electron chi connectivity index (χ0n) is 6.66. The van der Waals surface area contributed by atoms with Crippen molar-refractivity contribution in [2.24, 2.45) is 5.73 Å². The maximum atomic E-state index is 11.3. The van der Waals surface area contributed by atoms with Gasteiger partial charge in [-0.1, -0.05) is 0 Å². The van der Waals surface area contributed by atoms with Crippen molar-refractivity contribution in [3.8, 4) is 0 Å². The molecule has 1 aromatic heterocycles. The van der Waals surface area contributed by atoms with Crippen molar-refractivity contribution in [1.82, 2.24) is 4.98 Å². The lowest BCUT2D eigenvalue weighted by Crippen LogP contribution is -2.22. The summed E-state index contributed by atoms with van der Waals surface area (Å²) >= 11 is 0. The number of aromatic nitrogens is 1. The van der Waals surface area contributed by atoms with Gasteiger partial charge in [-0.15, -0.1) is 0 Å². The highest BCUT2D eigenvalue weighted by molar-refractivity contribution is 5.98. The van der Waals surface area contributed by atoms with Gasteiger partial charge in [-0.2, -0.15) is 0 Å². The summed E-state index contributed by atoms with van der Waals surface area (Å²) in [6.07, 6.45) is 2.96. The van der Waals surface area contributed by atoms with Gasteiger partial charge in [0, 0.05) is 24.2 Å². The van der Waals surface area contributed by atoms with E-state index < -0.39 is 0 Å². The molecule has 2 rings (SSSR count). The molecule has 0 aliphatic heterocycles. The van der Waals surface area contributed by atoms with Crippen molar-refractivity contribution >= 4 is 5.78 Å². The summed E-state index contributed by atoms with van der Waals surface area (Å²) in [6.45, 7) is 0. The lowest BCUT2D eigenvalue weighted by atomic mass is 9.91. The fraction of sp³-hybridized carbons (Fsp3) is 0.333. The van der Waals surface area contributed by atoms with E-state index in [0.29, 0.717) is 12.0 Å². The van der Waals surface area contributed by atoms with Crippen LogP contribution in [0.15, 0.2) is 18.3 Å². The van der Waals surface area contributed by atoms with Crippen LogP contribution in [0, 0.1) is 0 Å². The molecule has 1 unspecified atom stereocenters. The first kappa shape index (κ1) is 7.43. The number of Topliss-reactive ketones (excluding diaryl/α,β-unsaturated/α-hetero) is 1. The molecule has 0 amide bonds. The zero-order valence-corrected chi connectivity index (χ0v) is 6.66. The molecule has 0 saturated carbocycles. The van der Waals surface area contributed by atoms with Crippen LogP contribution in [0.1, 0.15) is 34.9 Å². The van der Waals surface area contributed by atoms with Gasteiger partial charge in [0.1, 0.15) is 0 Å². The van der Waals surface area contributed by atoms with Gasteiger partial charge in [0.25, 0.3) is 0 Å². The lowest BCUT2D eigenvalue weighted by molar-refractivity contribution is 0.0966. The molecule has 1 atom stereocenters. The van der Waals surface area contributed by atoms with Gasteiger partial charge in [-0.25, -0.2) is 0 Å². The molecule has 3 heteroatoms. The summed E-state index contributed by atoms with van der Waals surface area (Å²) in [4.78, 5) is 15.4. The Morgan fingerprint density at radius 2 is 2.42 bits per heavy atom. The molecule has 2 N–H and O–H groups in total. The van der Waals surface area contributed by atoms with E-state index in [1.165, 1.54) is 0 Å². The van der Waals surface area contributed by atoms with Crippen molar-refractivity contribution < 1.29 is 4.79 Å². The largest absolute Gasteiger partial charge is 0.323 e. The Hall–Kier alpha value is -1.22. The Morgan fingerprint density at radius 3 is 3.17 bits per heavy atom. The van der Waals surface area contributed by atoms with Crippen molar-refractivity contribution in [2.45, 2.75) is 18.9 Å². The number of carbonyl (C=O) groups excluding carboxylic acids is 1. The molecule has 62 valence electrons. The van der Waals surface area contributed by atoms with E-state index in [4.69, 9.17) is 5.73 Å². The zero-order chi connectivity index (χ0) is 8.55. The summed E-state index contributed by atoms with van der Waals surface area (Å²) in [5, 5.41) is 0. The molecule has 1 aromatic rings. The van der Waals surface area contributed by atoms with Crippen LogP contribution in [0.3, 0.4) is 0 Å². The highest BCUT2D eigenvalue weighted by Gasteiger charge is 2.23. The first-order valence-electron chi connectivity index (χ1n) is 4.03. The average molecular weight is 162 g/mol. The van der Waals surface area contributed by atoms with E-state index in [9.17, 15) is 4.79 Å². The van der Waals surface area contributed by atoms with Gasteiger partial charge in [0.2, 0.25) is 0 Å². The second kappa shape index (κ2) is 2.68. The Balaban J connectivity index is 2.55. The molecule has 0 fully saturated rings. The standard InChI is InChI=1S/C9H10N2O/c10-7-3-4-8(12)6-2-1-5-11-9(6)7/h1-2,5,7H,3-4,10H2. The smallest absolute Gasteiger partial charge is 0.164 e. The third-order valence-electron chi connectivity index (χ3n) is 2.17. The number of carbonyl (C=O) groups is 1. The topological polar surface area (TPSA) is 56.0 Å². The number of nitrogens with zero attached hydrogens (tertiary/aromatic N) is 1. The molecule has 3 nitrogen and oxygen atoms in total. The third-order valence-corrected chi connectivity index (χ3v) is 2.17. The van der Waals surface area contributed by atoms with E-state index in [0.717, 1.165) is 12.1 Å². The molecule has 0 radical (unpaired) electrons. The number of rotatable bonds is 0. The molecule has 0 saturated heterocycles. The summed E-state index contributed by atoms with van der Waals surface area (Å²) in [6, 6.07) is 3.51. The van der Waals surface area contributed by atoms with Gasteiger partial charge in [-0.05, 0) is 18.6 Å². The van der Waals surface area contributed by atoms with Gasteiger partial charge in [0.15, 0.2) is 5.78 Å². The highest BCUT2D eigenvalue weighted by atomic mass is 16.1. The van der Waals surface area contributed by atoms with Crippen LogP contribution < -0.4 is 5.73 Å². The Morgan fingerprint density at radius 1 is 1.58 bits per heavy atom. The molecule has 0 aromatic carbocycles. The highest BCUT2D eigenvalue weighted by Crippen LogP contribution is 2.25. The van der Waals surface area contributed by atoms with Gasteiger partial charge >= 0.3 is 0 Å². The predicted molar refractivity (Wildman–Crippen MR) is 44.7 cm³/mol. The minimum absolute atomic E-state index is 0.0566. The maximum Gasteiger partial charge on any atom is 0.164 e. The van der Waals surface area contributed by atoms with Crippen molar-refractivity contribution in [2.75, 3.05) is 0 Å². The van der Waals surface area contributed by atoms with Crippen LogP contribution in [-0.2, 0) is 0 Å². The minimum Gasteiger partial charge on any atom is -0.323 e. The second-order valence-electron chi connectivity index (χ2n) is 3.00. The van der Waals surface area contributed by atoms with Crippen molar-refractivity contribution in [3.05, 3.63) is 29.6 Å². The minimum atomic E-state index is -0.0566. The van der Waals surface area contributed by atoms with Crippen LogP contribution >= 0.6 is 0 Å². The first-order chi connectivity index (χ1) is 5.79. The average Bonchev–Trinajstić information content (AvgIpc) is 2.12. The molecule has 12 heavy (non-hydrogen) atoms. The number of nitrogens with two attached hydrogens (primary N) is 1. The van der Waals surface area contributed by atoms with E-state index in [-0.39, 0.29) is 11.8 Å². The van der Waals surface area contributed by atoms with E-state index >= 15 is 0 Å². The van der Waals surface area contributed by atoms with Crippen LogP contribution in [-0.4, -0.2) is 10.8 Å². The van der Waals surface area contributed by atoms with E-state index in [1.807, 2.05) is 0 Å². The Bertz CT molecular complexity index is 322. The summed E-state index contributed by atoms with van der Waals surface area (Å²) < 4.78 is 0. The fourth-order valence-corrected chi connectivity index (χ4v) is 1.51. The normalized spacial score (nSPS) is 22.1. The second-order valence-corrected chi connectivity index (χ2v) is 3.00. The third kappa shape index (κ3) is 1.02. The van der Waals surface area contributed by atoms with Crippen LogP contribution in [0.25, 0.3) is 0 Å². The van der Waals surface area contributed by atoms with Gasteiger partial charge < -0.3 is 5.73 Å². The predicted octanol–water partition coefficient (Wildman–Crippen LogP) is 1.06. The first-order valence-corrected chi connectivity index (χ1v) is 4.03. The molecular weight excluding hydrogens is 152 g/mol. The maximum absolute atomic E-state index is 11.3. The van der Waals surface area contributed by atoms with Gasteiger partial charge in [0.05, 0.1) is 5.69 Å². The van der Waals surface area contributed by atoms with E-state index in [2.05, 4.69) is 4.98 Å². The van der Waals surface area contributed by atoms with Gasteiger partial charge in [-0.3, -0.25) is 9.78 Å². The monoisotopic (exact) mass is 162 g/mol. The molecular formula is C9H10N2O. The Labute approximate surface area is 70.6 Å². The fourth-order valence-electron chi connectivity index (χ4n) is 1.51. The van der Waals surface area contributed by atoms with Crippen molar-refractivity contribution in [3.63, 3.8) is 0 Å². The van der Waals surface area contributed by atoms with Crippen LogP contribution in [0.2, 0.25) is 0 Å². The lowest BCUT2D eigenvalue weighted by Gasteiger charge is -2.18. The molecule has 1 aliphatic rings. The number of hydrogen-bond donors (Lipinski definition) is 1.